The third-order valence-corrected chi connectivity index (χ3v) is 4.51. The normalized spacial score (nSPS) is 11.0. The first-order valence-electron chi connectivity index (χ1n) is 6.51. The van der Waals surface area contributed by atoms with E-state index in [-0.39, 0.29) is 27.7 Å². The van der Waals surface area contributed by atoms with E-state index in [9.17, 15) is 23.3 Å². The van der Waals surface area contributed by atoms with Crippen molar-refractivity contribution in [1.29, 1.82) is 0 Å². The molecule has 7 nitrogen and oxygen atoms in total. The van der Waals surface area contributed by atoms with Crippen molar-refractivity contribution in [2.75, 3.05) is 0 Å². The molecule has 0 saturated carbocycles. The number of non-ortho nitro benzene ring substituents is 1. The number of hydrogen-bond donors (Lipinski definition) is 0. The maximum Gasteiger partial charge on any atom is 0.339 e. The van der Waals surface area contributed by atoms with Crippen molar-refractivity contribution < 1.29 is 22.3 Å². The van der Waals surface area contributed by atoms with Crippen LogP contribution >= 0.6 is 0 Å². The Labute approximate surface area is 132 Å². The highest BCUT2D eigenvalue weighted by molar-refractivity contribution is 7.87. The van der Waals surface area contributed by atoms with Crippen molar-refractivity contribution in [3.63, 3.8) is 0 Å². The van der Waals surface area contributed by atoms with Crippen molar-refractivity contribution in [2.45, 2.75) is 18.7 Å². The molecular weight excluding hydrogens is 322 g/mol. The molecule has 0 atom stereocenters. The number of rotatable bonds is 5. The van der Waals surface area contributed by atoms with E-state index >= 15 is 0 Å². The maximum absolute atomic E-state index is 12.3. The van der Waals surface area contributed by atoms with Crippen LogP contribution in [-0.2, 0) is 10.1 Å². The van der Waals surface area contributed by atoms with E-state index in [1.807, 2.05) is 0 Å². The van der Waals surface area contributed by atoms with Crippen LogP contribution in [0.5, 0.6) is 5.75 Å². The van der Waals surface area contributed by atoms with Crippen molar-refractivity contribution >= 4 is 21.6 Å². The molecule has 0 bridgehead atoms. The van der Waals surface area contributed by atoms with Gasteiger partial charge in [0.1, 0.15) is 10.6 Å². The van der Waals surface area contributed by atoms with Crippen LogP contribution in [0.25, 0.3) is 0 Å². The molecule has 2 aromatic carbocycles. The molecule has 120 valence electrons. The van der Waals surface area contributed by atoms with Gasteiger partial charge in [0, 0.05) is 17.7 Å². The van der Waals surface area contributed by atoms with Crippen LogP contribution in [0.15, 0.2) is 47.4 Å². The van der Waals surface area contributed by atoms with Gasteiger partial charge in [-0.15, -0.1) is 0 Å². The van der Waals surface area contributed by atoms with Gasteiger partial charge < -0.3 is 4.18 Å². The minimum Gasteiger partial charge on any atom is -0.379 e. The zero-order chi connectivity index (χ0) is 17.2. The van der Waals surface area contributed by atoms with Crippen molar-refractivity contribution in [3.05, 3.63) is 63.7 Å². The van der Waals surface area contributed by atoms with Crippen LogP contribution in [0.4, 0.5) is 5.69 Å². The molecule has 0 amide bonds. The number of nitro groups is 1. The van der Waals surface area contributed by atoms with Crippen molar-refractivity contribution in [2.24, 2.45) is 0 Å². The molecule has 0 aliphatic carbocycles. The molecule has 0 spiro atoms. The first-order valence-corrected chi connectivity index (χ1v) is 7.92. The highest BCUT2D eigenvalue weighted by atomic mass is 32.2. The molecule has 0 unspecified atom stereocenters. The number of Topliss-reactive ketones (excluding diaryl/α,β-unsaturated/α-hetero) is 1. The van der Waals surface area contributed by atoms with E-state index in [0.29, 0.717) is 5.56 Å². The quantitative estimate of drug-likeness (QED) is 0.360. The Bertz CT molecular complexity index is 871. The lowest BCUT2D eigenvalue weighted by molar-refractivity contribution is -0.385. The average Bonchev–Trinajstić information content (AvgIpc) is 2.46. The zero-order valence-corrected chi connectivity index (χ0v) is 13.2. The van der Waals surface area contributed by atoms with E-state index in [1.165, 1.54) is 38.1 Å². The zero-order valence-electron chi connectivity index (χ0n) is 12.3. The summed E-state index contributed by atoms with van der Waals surface area (Å²) < 4.78 is 29.5. The Morgan fingerprint density at radius 3 is 2.22 bits per heavy atom. The van der Waals surface area contributed by atoms with Gasteiger partial charge in [0.25, 0.3) is 5.69 Å². The molecule has 0 radical (unpaired) electrons. The van der Waals surface area contributed by atoms with Gasteiger partial charge in [-0.1, -0.05) is 0 Å². The topological polar surface area (TPSA) is 104 Å². The standard InChI is InChI=1S/C15H13NO6S/c1-10-9-13(16(18)19)5-8-15(10)23(20,21)22-14-6-3-12(4-7-14)11(2)17/h3-9H,1-2H3. The lowest BCUT2D eigenvalue weighted by Crippen LogP contribution is -2.11. The minimum absolute atomic E-state index is 0.0488. The first kappa shape index (κ1) is 16.6. The lowest BCUT2D eigenvalue weighted by Gasteiger charge is -2.09. The third-order valence-electron chi connectivity index (χ3n) is 3.11. The average molecular weight is 335 g/mol. The van der Waals surface area contributed by atoms with E-state index in [0.717, 1.165) is 18.2 Å². The SMILES string of the molecule is CC(=O)c1ccc(OS(=O)(=O)c2ccc([N+](=O)[O-])cc2C)cc1. The fraction of sp³-hybridized carbons (Fsp3) is 0.133. The molecule has 0 aliphatic heterocycles. The molecule has 23 heavy (non-hydrogen) atoms. The number of aryl methyl sites for hydroxylation is 1. The highest BCUT2D eigenvalue weighted by Crippen LogP contribution is 2.24. The summed E-state index contributed by atoms with van der Waals surface area (Å²) in [7, 11) is -4.13. The summed E-state index contributed by atoms with van der Waals surface area (Å²) in [6.07, 6.45) is 0. The van der Waals surface area contributed by atoms with Crippen LogP contribution < -0.4 is 4.18 Å². The van der Waals surface area contributed by atoms with Crippen molar-refractivity contribution in [3.8, 4) is 5.75 Å². The van der Waals surface area contributed by atoms with Crippen LogP contribution in [0, 0.1) is 17.0 Å². The predicted octanol–water partition coefficient (Wildman–Crippen LogP) is 2.87. The number of carbonyl (C=O) groups is 1. The van der Waals surface area contributed by atoms with Gasteiger partial charge in [0.2, 0.25) is 0 Å². The fourth-order valence-corrected chi connectivity index (χ4v) is 3.09. The summed E-state index contributed by atoms with van der Waals surface area (Å²) in [5.74, 6) is -0.0987. The summed E-state index contributed by atoms with van der Waals surface area (Å²) in [5, 5.41) is 10.7. The number of benzene rings is 2. The minimum atomic E-state index is -4.13. The Kier molecular flexibility index (Phi) is 4.46. The summed E-state index contributed by atoms with van der Waals surface area (Å²) in [6.45, 7) is 2.84. The monoisotopic (exact) mass is 335 g/mol. The summed E-state index contributed by atoms with van der Waals surface area (Å²) in [6, 6.07) is 9.04. The Morgan fingerprint density at radius 1 is 1.13 bits per heavy atom. The predicted molar refractivity (Wildman–Crippen MR) is 82.1 cm³/mol. The smallest absolute Gasteiger partial charge is 0.339 e. The number of ketones is 1. The Morgan fingerprint density at radius 2 is 1.74 bits per heavy atom. The largest absolute Gasteiger partial charge is 0.379 e. The summed E-state index contributed by atoms with van der Waals surface area (Å²) in [4.78, 5) is 21.1. The summed E-state index contributed by atoms with van der Waals surface area (Å²) in [5.41, 5.74) is 0.438. The van der Waals surface area contributed by atoms with Crippen LogP contribution in [0.1, 0.15) is 22.8 Å². The summed E-state index contributed by atoms with van der Waals surface area (Å²) >= 11 is 0. The molecule has 0 aliphatic rings. The lowest BCUT2D eigenvalue weighted by atomic mass is 10.1. The number of hydrogen-bond acceptors (Lipinski definition) is 6. The van der Waals surface area contributed by atoms with Gasteiger partial charge in [0.05, 0.1) is 4.92 Å². The fourth-order valence-electron chi connectivity index (χ4n) is 1.94. The molecule has 0 fully saturated rings. The van der Waals surface area contributed by atoms with E-state index < -0.39 is 15.0 Å². The molecule has 2 rings (SSSR count). The molecule has 0 N–H and O–H groups in total. The Balaban J connectivity index is 2.31. The van der Waals surface area contributed by atoms with Gasteiger partial charge in [-0.3, -0.25) is 14.9 Å². The second kappa shape index (κ2) is 6.17. The van der Waals surface area contributed by atoms with Gasteiger partial charge in [0.15, 0.2) is 5.78 Å². The second-order valence-electron chi connectivity index (χ2n) is 4.82. The second-order valence-corrected chi connectivity index (χ2v) is 6.34. The van der Waals surface area contributed by atoms with Gasteiger partial charge in [-0.25, -0.2) is 0 Å². The third kappa shape index (κ3) is 3.72. The number of nitrogens with zero attached hydrogens (tertiary/aromatic N) is 1. The molecule has 2 aromatic rings. The molecule has 0 heterocycles. The van der Waals surface area contributed by atoms with Crippen LogP contribution in [-0.4, -0.2) is 19.1 Å². The Hall–Kier alpha value is -2.74. The van der Waals surface area contributed by atoms with Crippen LogP contribution in [0.3, 0.4) is 0 Å². The molecule has 0 aromatic heterocycles. The van der Waals surface area contributed by atoms with E-state index in [2.05, 4.69) is 0 Å². The van der Waals surface area contributed by atoms with Gasteiger partial charge in [-0.05, 0) is 49.7 Å². The number of nitro benzene ring substituents is 1. The van der Waals surface area contributed by atoms with Crippen molar-refractivity contribution in [1.82, 2.24) is 0 Å². The molecule has 8 heteroatoms. The van der Waals surface area contributed by atoms with E-state index in [1.54, 1.807) is 0 Å². The van der Waals surface area contributed by atoms with Gasteiger partial charge in [-0.2, -0.15) is 8.42 Å². The van der Waals surface area contributed by atoms with E-state index in [4.69, 9.17) is 4.18 Å². The molecular formula is C15H13NO6S. The maximum atomic E-state index is 12.3. The van der Waals surface area contributed by atoms with Gasteiger partial charge >= 0.3 is 10.1 Å². The first-order chi connectivity index (χ1) is 10.7. The molecule has 0 saturated heterocycles. The van der Waals surface area contributed by atoms with Crippen LogP contribution in [0.2, 0.25) is 0 Å². The number of carbonyl (C=O) groups excluding carboxylic acids is 1. The highest BCUT2D eigenvalue weighted by Gasteiger charge is 2.21.